The minimum absolute atomic E-state index is 0.0664. The Morgan fingerprint density at radius 1 is 1.15 bits per heavy atom. The molecule has 3 heterocycles. The van der Waals surface area contributed by atoms with E-state index in [1.807, 2.05) is 41.8 Å². The monoisotopic (exact) mass is 367 g/mol. The van der Waals surface area contributed by atoms with E-state index in [9.17, 15) is 4.79 Å². The van der Waals surface area contributed by atoms with Gasteiger partial charge in [-0.05, 0) is 12.5 Å². The van der Waals surface area contributed by atoms with Gasteiger partial charge in [-0.2, -0.15) is 0 Å². The van der Waals surface area contributed by atoms with Crippen molar-refractivity contribution in [3.05, 3.63) is 59.5 Å². The van der Waals surface area contributed by atoms with Gasteiger partial charge in [0.1, 0.15) is 11.5 Å². The van der Waals surface area contributed by atoms with Gasteiger partial charge in [0.05, 0.1) is 18.7 Å². The number of amides is 1. The van der Waals surface area contributed by atoms with Crippen molar-refractivity contribution in [1.82, 2.24) is 14.8 Å². The number of ether oxygens (including phenoxy) is 1. The standard InChI is InChI=1S/C21H25N3O3/c1-16-13-18-20(27-16)14-19(24(18)15-17-5-3-2-4-6-17)21(25)22-7-8-23-9-11-26-12-10-23/h2-6,13-14H,7-12,15H2,1H3,(H,22,25). The number of carbonyl (C=O) groups is 1. The second-order valence-corrected chi connectivity index (χ2v) is 6.92. The van der Waals surface area contributed by atoms with Crippen LogP contribution in [0.5, 0.6) is 0 Å². The number of furan rings is 1. The zero-order valence-corrected chi connectivity index (χ0v) is 15.6. The van der Waals surface area contributed by atoms with Gasteiger partial charge in [0.2, 0.25) is 0 Å². The molecule has 1 fully saturated rings. The highest BCUT2D eigenvalue weighted by molar-refractivity contribution is 5.97. The second-order valence-electron chi connectivity index (χ2n) is 6.92. The van der Waals surface area contributed by atoms with E-state index < -0.39 is 0 Å². The molecule has 1 aliphatic rings. The average Bonchev–Trinajstić information content (AvgIpc) is 3.20. The molecule has 1 saturated heterocycles. The average molecular weight is 367 g/mol. The summed E-state index contributed by atoms with van der Waals surface area (Å²) in [6.07, 6.45) is 0. The van der Waals surface area contributed by atoms with Crippen LogP contribution in [0.4, 0.5) is 0 Å². The van der Waals surface area contributed by atoms with Gasteiger partial charge in [-0.1, -0.05) is 30.3 Å². The van der Waals surface area contributed by atoms with E-state index in [2.05, 4.69) is 22.3 Å². The van der Waals surface area contributed by atoms with Gasteiger partial charge >= 0.3 is 0 Å². The molecule has 142 valence electrons. The van der Waals surface area contributed by atoms with Crippen LogP contribution < -0.4 is 5.32 Å². The van der Waals surface area contributed by atoms with E-state index in [-0.39, 0.29) is 5.91 Å². The summed E-state index contributed by atoms with van der Waals surface area (Å²) >= 11 is 0. The highest BCUT2D eigenvalue weighted by Gasteiger charge is 2.19. The maximum Gasteiger partial charge on any atom is 0.268 e. The molecular formula is C21H25N3O3. The molecule has 0 bridgehead atoms. The first-order valence-electron chi connectivity index (χ1n) is 9.42. The van der Waals surface area contributed by atoms with Crippen molar-refractivity contribution >= 4 is 17.0 Å². The molecule has 0 unspecified atom stereocenters. The van der Waals surface area contributed by atoms with Gasteiger partial charge in [0.15, 0.2) is 5.58 Å². The third-order valence-electron chi connectivity index (χ3n) is 4.95. The molecular weight excluding hydrogens is 342 g/mol. The fourth-order valence-electron chi connectivity index (χ4n) is 3.53. The maximum absolute atomic E-state index is 12.8. The van der Waals surface area contributed by atoms with Crippen molar-refractivity contribution in [3.63, 3.8) is 0 Å². The van der Waals surface area contributed by atoms with E-state index >= 15 is 0 Å². The summed E-state index contributed by atoms with van der Waals surface area (Å²) < 4.78 is 13.1. The summed E-state index contributed by atoms with van der Waals surface area (Å²) in [7, 11) is 0. The highest BCUT2D eigenvalue weighted by atomic mass is 16.5. The van der Waals surface area contributed by atoms with E-state index in [1.165, 1.54) is 0 Å². The number of nitrogens with zero attached hydrogens (tertiary/aromatic N) is 2. The molecule has 1 aromatic carbocycles. The minimum atomic E-state index is -0.0664. The van der Waals surface area contributed by atoms with Crippen molar-refractivity contribution in [3.8, 4) is 0 Å². The predicted molar refractivity (Wildman–Crippen MR) is 104 cm³/mol. The largest absolute Gasteiger partial charge is 0.460 e. The highest BCUT2D eigenvalue weighted by Crippen LogP contribution is 2.25. The van der Waals surface area contributed by atoms with Crippen LogP contribution in [-0.4, -0.2) is 54.8 Å². The van der Waals surface area contributed by atoms with Crippen LogP contribution in [0, 0.1) is 6.92 Å². The van der Waals surface area contributed by atoms with Crippen molar-refractivity contribution < 1.29 is 13.9 Å². The molecule has 0 spiro atoms. The van der Waals surface area contributed by atoms with E-state index in [0.29, 0.717) is 18.8 Å². The topological polar surface area (TPSA) is 59.6 Å². The fourth-order valence-corrected chi connectivity index (χ4v) is 3.53. The molecule has 0 atom stereocenters. The van der Waals surface area contributed by atoms with E-state index in [4.69, 9.17) is 9.15 Å². The van der Waals surface area contributed by atoms with Crippen molar-refractivity contribution in [2.75, 3.05) is 39.4 Å². The molecule has 4 rings (SSSR count). The molecule has 1 amide bonds. The molecule has 0 aliphatic carbocycles. The first-order chi connectivity index (χ1) is 13.2. The number of morpholine rings is 1. The molecule has 6 nitrogen and oxygen atoms in total. The number of carbonyl (C=O) groups excluding carboxylic acids is 1. The second kappa shape index (κ2) is 7.98. The number of hydrogen-bond donors (Lipinski definition) is 1. The molecule has 0 saturated carbocycles. The zero-order valence-electron chi connectivity index (χ0n) is 15.6. The summed E-state index contributed by atoms with van der Waals surface area (Å²) in [4.78, 5) is 15.1. The smallest absolute Gasteiger partial charge is 0.268 e. The Morgan fingerprint density at radius 2 is 1.93 bits per heavy atom. The summed E-state index contributed by atoms with van der Waals surface area (Å²) in [6.45, 7) is 7.40. The molecule has 1 aliphatic heterocycles. The third kappa shape index (κ3) is 4.07. The first kappa shape index (κ1) is 17.8. The number of aromatic nitrogens is 1. The Bertz CT molecular complexity index is 908. The quantitative estimate of drug-likeness (QED) is 0.728. The van der Waals surface area contributed by atoms with Gasteiger partial charge in [-0.25, -0.2) is 0 Å². The van der Waals surface area contributed by atoms with Gasteiger partial charge in [0.25, 0.3) is 5.91 Å². The first-order valence-corrected chi connectivity index (χ1v) is 9.42. The van der Waals surface area contributed by atoms with Crippen molar-refractivity contribution in [2.24, 2.45) is 0 Å². The van der Waals surface area contributed by atoms with Crippen LogP contribution in [0.3, 0.4) is 0 Å². The fraction of sp³-hybridized carbons (Fsp3) is 0.381. The Hall–Kier alpha value is -2.57. The molecule has 2 aromatic heterocycles. The maximum atomic E-state index is 12.8. The number of benzene rings is 1. The lowest BCUT2D eigenvalue weighted by atomic mass is 10.2. The summed E-state index contributed by atoms with van der Waals surface area (Å²) in [5.74, 6) is 0.782. The Balaban J connectivity index is 1.50. The summed E-state index contributed by atoms with van der Waals surface area (Å²) in [5.41, 5.74) is 3.49. The molecule has 0 radical (unpaired) electrons. The SMILES string of the molecule is Cc1cc2c(cc(C(=O)NCCN3CCOCC3)n2Cc2ccccc2)o1. The normalized spacial score (nSPS) is 15.3. The Labute approximate surface area is 158 Å². The molecule has 1 N–H and O–H groups in total. The van der Waals surface area contributed by atoms with Crippen molar-refractivity contribution in [2.45, 2.75) is 13.5 Å². The number of nitrogens with one attached hydrogen (secondary N) is 1. The van der Waals surface area contributed by atoms with Gasteiger partial charge in [-0.3, -0.25) is 9.69 Å². The lowest BCUT2D eigenvalue weighted by molar-refractivity contribution is 0.0383. The van der Waals surface area contributed by atoms with Gasteiger partial charge in [0, 0.05) is 44.9 Å². The summed E-state index contributed by atoms with van der Waals surface area (Å²) in [6, 6.07) is 14.0. The van der Waals surface area contributed by atoms with Crippen LogP contribution in [0.25, 0.3) is 11.1 Å². The summed E-state index contributed by atoms with van der Waals surface area (Å²) in [5, 5.41) is 3.05. The van der Waals surface area contributed by atoms with Crippen LogP contribution in [0.15, 0.2) is 46.9 Å². The van der Waals surface area contributed by atoms with E-state index in [1.54, 1.807) is 0 Å². The number of fused-ring (bicyclic) bond motifs is 1. The third-order valence-corrected chi connectivity index (χ3v) is 4.95. The van der Waals surface area contributed by atoms with Crippen LogP contribution in [-0.2, 0) is 11.3 Å². The van der Waals surface area contributed by atoms with Crippen LogP contribution in [0.2, 0.25) is 0 Å². The predicted octanol–water partition coefficient (Wildman–Crippen LogP) is 2.65. The number of rotatable bonds is 6. The Morgan fingerprint density at radius 3 is 2.70 bits per heavy atom. The van der Waals surface area contributed by atoms with Gasteiger partial charge in [-0.15, -0.1) is 0 Å². The molecule has 27 heavy (non-hydrogen) atoms. The lowest BCUT2D eigenvalue weighted by Gasteiger charge is -2.26. The van der Waals surface area contributed by atoms with Crippen molar-refractivity contribution in [1.29, 1.82) is 0 Å². The molecule has 6 heteroatoms. The number of hydrogen-bond acceptors (Lipinski definition) is 4. The minimum Gasteiger partial charge on any atom is -0.460 e. The van der Waals surface area contributed by atoms with E-state index in [0.717, 1.165) is 55.3 Å². The Kier molecular flexibility index (Phi) is 5.27. The number of aryl methyl sites for hydroxylation is 1. The zero-order chi connectivity index (χ0) is 18.6. The van der Waals surface area contributed by atoms with Crippen LogP contribution >= 0.6 is 0 Å². The van der Waals surface area contributed by atoms with Gasteiger partial charge < -0.3 is 19.0 Å². The van der Waals surface area contributed by atoms with Crippen LogP contribution in [0.1, 0.15) is 21.8 Å². The lowest BCUT2D eigenvalue weighted by Crippen LogP contribution is -2.41. The molecule has 3 aromatic rings.